The Labute approximate surface area is 200 Å². The van der Waals surface area contributed by atoms with Crippen molar-refractivity contribution in [2.45, 2.75) is 13.0 Å². The topological polar surface area (TPSA) is 80.3 Å². The van der Waals surface area contributed by atoms with Crippen LogP contribution in [0, 0.1) is 5.82 Å². The summed E-state index contributed by atoms with van der Waals surface area (Å²) in [5.41, 5.74) is 2.99. The van der Waals surface area contributed by atoms with Crippen LogP contribution in [-0.2, 0) is 0 Å². The first-order valence-electron chi connectivity index (χ1n) is 10.5. The van der Waals surface area contributed by atoms with Gasteiger partial charge in [-0.1, -0.05) is 24.3 Å². The van der Waals surface area contributed by atoms with Gasteiger partial charge in [0.15, 0.2) is 0 Å². The standard InChI is InChI=1S/C26H22FN3O3S/c1-16(17-9-13-20(14-10-17)29-24(31)18-7-11-19(27)12-8-18)28-25(32)22-15-34-26(30-22)21-5-3-4-6-23(21)33-2/h3-16H,1-2H3,(H,28,32)(H,29,31). The number of aromatic nitrogens is 1. The summed E-state index contributed by atoms with van der Waals surface area (Å²) in [6, 6.07) is 19.7. The van der Waals surface area contributed by atoms with Crippen molar-refractivity contribution < 1.29 is 18.7 Å². The fourth-order valence-electron chi connectivity index (χ4n) is 3.34. The Kier molecular flexibility index (Phi) is 6.98. The molecule has 1 heterocycles. The van der Waals surface area contributed by atoms with Crippen LogP contribution in [0.3, 0.4) is 0 Å². The lowest BCUT2D eigenvalue weighted by atomic mass is 10.1. The van der Waals surface area contributed by atoms with Gasteiger partial charge in [-0.05, 0) is 61.0 Å². The molecule has 0 radical (unpaired) electrons. The van der Waals surface area contributed by atoms with Crippen molar-refractivity contribution in [3.8, 4) is 16.3 Å². The molecular weight excluding hydrogens is 453 g/mol. The molecule has 2 N–H and O–H groups in total. The molecule has 172 valence electrons. The maximum Gasteiger partial charge on any atom is 0.271 e. The lowest BCUT2D eigenvalue weighted by Crippen LogP contribution is -2.26. The van der Waals surface area contributed by atoms with Gasteiger partial charge in [0, 0.05) is 16.6 Å². The minimum absolute atomic E-state index is 0.272. The Morgan fingerprint density at radius 1 is 0.971 bits per heavy atom. The van der Waals surface area contributed by atoms with Crippen molar-refractivity contribution in [1.82, 2.24) is 10.3 Å². The SMILES string of the molecule is COc1ccccc1-c1nc(C(=O)NC(C)c2ccc(NC(=O)c3ccc(F)cc3)cc2)cs1. The number of halogens is 1. The number of hydrogen-bond acceptors (Lipinski definition) is 5. The molecule has 0 aliphatic rings. The fraction of sp³-hybridized carbons (Fsp3) is 0.115. The lowest BCUT2D eigenvalue weighted by Gasteiger charge is -2.14. The highest BCUT2D eigenvalue weighted by atomic mass is 32.1. The maximum absolute atomic E-state index is 13.0. The molecule has 0 bridgehead atoms. The molecule has 6 nitrogen and oxygen atoms in total. The average molecular weight is 476 g/mol. The predicted octanol–water partition coefficient (Wildman–Crippen LogP) is 5.70. The second-order valence-electron chi connectivity index (χ2n) is 7.52. The third kappa shape index (κ3) is 5.29. The fourth-order valence-corrected chi connectivity index (χ4v) is 4.17. The van der Waals surface area contributed by atoms with Crippen LogP contribution in [0.15, 0.2) is 78.2 Å². The summed E-state index contributed by atoms with van der Waals surface area (Å²) in [5.74, 6) is -0.309. The molecule has 4 aromatic rings. The van der Waals surface area contributed by atoms with E-state index >= 15 is 0 Å². The summed E-state index contributed by atoms with van der Waals surface area (Å²) in [7, 11) is 1.60. The summed E-state index contributed by atoms with van der Waals surface area (Å²) in [6.45, 7) is 1.87. The second kappa shape index (κ2) is 10.3. The van der Waals surface area contributed by atoms with Gasteiger partial charge in [-0.15, -0.1) is 11.3 Å². The van der Waals surface area contributed by atoms with Gasteiger partial charge in [0.1, 0.15) is 22.3 Å². The predicted molar refractivity (Wildman–Crippen MR) is 131 cm³/mol. The van der Waals surface area contributed by atoms with E-state index in [-0.39, 0.29) is 17.9 Å². The maximum atomic E-state index is 13.0. The lowest BCUT2D eigenvalue weighted by molar-refractivity contribution is 0.0935. The van der Waals surface area contributed by atoms with Crippen molar-refractivity contribution >= 4 is 28.8 Å². The minimum atomic E-state index is -0.398. The molecule has 2 amide bonds. The van der Waals surface area contributed by atoms with Crippen LogP contribution in [0.2, 0.25) is 0 Å². The normalized spacial score (nSPS) is 11.5. The van der Waals surface area contributed by atoms with Crippen molar-refractivity contribution in [2.24, 2.45) is 0 Å². The van der Waals surface area contributed by atoms with E-state index in [4.69, 9.17) is 4.74 Å². The Hall–Kier alpha value is -4.04. The van der Waals surface area contributed by atoms with Crippen molar-refractivity contribution in [3.63, 3.8) is 0 Å². The average Bonchev–Trinajstić information content (AvgIpc) is 3.35. The summed E-state index contributed by atoms with van der Waals surface area (Å²) >= 11 is 1.38. The van der Waals surface area contributed by atoms with Crippen molar-refractivity contribution in [2.75, 3.05) is 12.4 Å². The summed E-state index contributed by atoms with van der Waals surface area (Å²) < 4.78 is 18.4. The molecule has 0 saturated heterocycles. The van der Waals surface area contributed by atoms with Gasteiger partial charge in [-0.2, -0.15) is 0 Å². The van der Waals surface area contributed by atoms with Gasteiger partial charge < -0.3 is 15.4 Å². The Morgan fingerprint density at radius 2 is 1.68 bits per heavy atom. The number of carbonyl (C=O) groups is 2. The number of hydrogen-bond donors (Lipinski definition) is 2. The van der Waals surface area contributed by atoms with Gasteiger partial charge in [0.05, 0.1) is 18.7 Å². The summed E-state index contributed by atoms with van der Waals surface area (Å²) in [5, 5.41) is 8.14. The number of methoxy groups -OCH3 is 1. The van der Waals surface area contributed by atoms with E-state index in [2.05, 4.69) is 15.6 Å². The third-order valence-electron chi connectivity index (χ3n) is 5.20. The number of thiazole rings is 1. The van der Waals surface area contributed by atoms with E-state index in [0.717, 1.165) is 11.1 Å². The quantitative estimate of drug-likeness (QED) is 0.359. The van der Waals surface area contributed by atoms with E-state index < -0.39 is 5.82 Å². The largest absolute Gasteiger partial charge is 0.496 e. The molecule has 0 spiro atoms. The molecule has 0 fully saturated rings. The Bertz CT molecular complexity index is 1300. The van der Waals surface area contributed by atoms with E-state index in [1.807, 2.05) is 43.3 Å². The number of anilines is 1. The van der Waals surface area contributed by atoms with E-state index in [0.29, 0.717) is 27.7 Å². The molecule has 1 atom stereocenters. The highest BCUT2D eigenvalue weighted by molar-refractivity contribution is 7.13. The first-order chi connectivity index (χ1) is 16.4. The molecule has 1 unspecified atom stereocenters. The molecule has 4 rings (SSSR count). The third-order valence-corrected chi connectivity index (χ3v) is 6.07. The zero-order chi connectivity index (χ0) is 24.1. The molecule has 1 aromatic heterocycles. The number of para-hydroxylation sites is 1. The molecule has 0 aliphatic carbocycles. The number of ether oxygens (including phenoxy) is 1. The second-order valence-corrected chi connectivity index (χ2v) is 8.37. The number of nitrogens with zero attached hydrogens (tertiary/aromatic N) is 1. The molecule has 3 aromatic carbocycles. The molecule has 34 heavy (non-hydrogen) atoms. The first kappa shape index (κ1) is 23.1. The minimum Gasteiger partial charge on any atom is -0.496 e. The van der Waals surface area contributed by atoms with E-state index in [9.17, 15) is 14.0 Å². The van der Waals surface area contributed by atoms with Crippen LogP contribution in [0.4, 0.5) is 10.1 Å². The molecular formula is C26H22FN3O3S. The Balaban J connectivity index is 1.38. The number of amides is 2. The zero-order valence-electron chi connectivity index (χ0n) is 18.5. The van der Waals surface area contributed by atoms with Gasteiger partial charge >= 0.3 is 0 Å². The summed E-state index contributed by atoms with van der Waals surface area (Å²) in [4.78, 5) is 29.5. The van der Waals surface area contributed by atoms with Crippen molar-refractivity contribution in [1.29, 1.82) is 0 Å². The van der Waals surface area contributed by atoms with Gasteiger partial charge in [-0.25, -0.2) is 9.37 Å². The molecule has 0 saturated carbocycles. The van der Waals surface area contributed by atoms with Crippen LogP contribution in [0.5, 0.6) is 5.75 Å². The van der Waals surface area contributed by atoms with Gasteiger partial charge in [0.25, 0.3) is 11.8 Å². The highest BCUT2D eigenvalue weighted by Gasteiger charge is 2.17. The number of rotatable bonds is 7. The van der Waals surface area contributed by atoms with Crippen LogP contribution in [0.25, 0.3) is 10.6 Å². The molecule has 8 heteroatoms. The van der Waals surface area contributed by atoms with Crippen molar-refractivity contribution in [3.05, 3.63) is 101 Å². The van der Waals surface area contributed by atoms with Crippen LogP contribution in [0.1, 0.15) is 39.4 Å². The monoisotopic (exact) mass is 475 g/mol. The van der Waals surface area contributed by atoms with E-state index in [1.165, 1.54) is 35.6 Å². The van der Waals surface area contributed by atoms with Gasteiger partial charge in [-0.3, -0.25) is 9.59 Å². The van der Waals surface area contributed by atoms with Crippen LogP contribution in [-0.4, -0.2) is 23.9 Å². The Morgan fingerprint density at radius 3 is 2.38 bits per heavy atom. The molecule has 0 aliphatic heterocycles. The smallest absolute Gasteiger partial charge is 0.271 e. The van der Waals surface area contributed by atoms with Crippen LogP contribution < -0.4 is 15.4 Å². The number of benzene rings is 3. The first-order valence-corrected chi connectivity index (χ1v) is 11.4. The zero-order valence-corrected chi connectivity index (χ0v) is 19.4. The van der Waals surface area contributed by atoms with Gasteiger partial charge in [0.2, 0.25) is 0 Å². The van der Waals surface area contributed by atoms with E-state index in [1.54, 1.807) is 24.6 Å². The number of carbonyl (C=O) groups excluding carboxylic acids is 2. The van der Waals surface area contributed by atoms with Crippen LogP contribution >= 0.6 is 11.3 Å². The number of nitrogens with one attached hydrogen (secondary N) is 2. The summed E-state index contributed by atoms with van der Waals surface area (Å²) in [6.07, 6.45) is 0. The highest BCUT2D eigenvalue weighted by Crippen LogP contribution is 2.32.